The number of amides is 2. The van der Waals surface area contributed by atoms with Gasteiger partial charge in [0.1, 0.15) is 18.7 Å². The number of quaternary nitrogens is 1. The number of nitrogens with one attached hydrogen (secondary N) is 4. The number of carbonyl (C=O) groups is 3. The van der Waals surface area contributed by atoms with Gasteiger partial charge in [0.25, 0.3) is 0 Å². The number of hydrogen-bond acceptors (Lipinski definition) is 8. The van der Waals surface area contributed by atoms with Crippen LogP contribution < -0.4 is 27.1 Å². The van der Waals surface area contributed by atoms with E-state index in [1.165, 1.54) is 7.11 Å². The third-order valence-electron chi connectivity index (χ3n) is 4.41. The van der Waals surface area contributed by atoms with Crippen LogP contribution in [0.15, 0.2) is 35.3 Å². The van der Waals surface area contributed by atoms with Crippen LogP contribution in [0.25, 0.3) is 0 Å². The van der Waals surface area contributed by atoms with E-state index in [0.29, 0.717) is 6.42 Å². The van der Waals surface area contributed by atoms with E-state index in [9.17, 15) is 19.6 Å². The summed E-state index contributed by atoms with van der Waals surface area (Å²) in [5.74, 6) is -1.82. The molecule has 0 fully saturated rings. The number of ether oxygens (including phenoxy) is 2. The van der Waals surface area contributed by atoms with Gasteiger partial charge in [-0.25, -0.2) is 14.6 Å². The number of hydrogen-bond donors (Lipinski definition) is 6. The summed E-state index contributed by atoms with van der Waals surface area (Å²) in [5, 5.41) is 22.8. The minimum atomic E-state index is -1.34. The number of nitrogens with zero attached hydrogens (tertiary/aromatic N) is 1. The van der Waals surface area contributed by atoms with Crippen molar-refractivity contribution < 1.29 is 34.4 Å². The highest BCUT2D eigenvalue weighted by Crippen LogP contribution is 2.07. The van der Waals surface area contributed by atoms with Gasteiger partial charge in [0.2, 0.25) is 11.9 Å². The lowest BCUT2D eigenvalue weighted by molar-refractivity contribution is -1.08. The smallest absolute Gasteiger partial charge is 0.408 e. The molecule has 7 N–H and O–H groups in total. The van der Waals surface area contributed by atoms with Crippen LogP contribution in [0.5, 0.6) is 0 Å². The second-order valence-electron chi connectivity index (χ2n) is 7.35. The van der Waals surface area contributed by atoms with Gasteiger partial charge >= 0.3 is 12.1 Å². The average Bonchev–Trinajstić information content (AvgIpc) is 2.77. The number of esters is 1. The maximum absolute atomic E-state index is 12.8. The largest absolute Gasteiger partial charge is 0.574 e. The van der Waals surface area contributed by atoms with E-state index in [-0.39, 0.29) is 31.4 Å². The molecule has 2 amide bonds. The molecule has 0 spiro atoms. The van der Waals surface area contributed by atoms with Crippen LogP contribution in [-0.4, -0.2) is 54.9 Å². The highest BCUT2D eigenvalue weighted by Gasteiger charge is 2.29. The van der Waals surface area contributed by atoms with Crippen LogP contribution >= 0.6 is 0 Å². The maximum atomic E-state index is 12.8. The Morgan fingerprint density at radius 3 is 2.45 bits per heavy atom. The Morgan fingerprint density at radius 1 is 1.21 bits per heavy atom. The first kappa shape index (κ1) is 27.6. The van der Waals surface area contributed by atoms with Crippen molar-refractivity contribution in [3.63, 3.8) is 0 Å². The Labute approximate surface area is 191 Å². The molecule has 13 heteroatoms. The number of methoxy groups -OCH3 is 1. The molecule has 1 unspecified atom stereocenters. The molecule has 1 rings (SSSR count). The quantitative estimate of drug-likeness (QED) is 0.0731. The molecular formula is C20H32N6O7. The molecule has 0 bridgehead atoms. The summed E-state index contributed by atoms with van der Waals surface area (Å²) in [7, 11) is 1.19. The van der Waals surface area contributed by atoms with E-state index in [0.717, 1.165) is 5.56 Å². The number of benzene rings is 1. The van der Waals surface area contributed by atoms with Crippen molar-refractivity contribution in [3.8, 4) is 0 Å². The monoisotopic (exact) mass is 468 g/mol. The van der Waals surface area contributed by atoms with Crippen LogP contribution in [0.1, 0.15) is 32.3 Å². The molecule has 184 valence electrons. The van der Waals surface area contributed by atoms with E-state index in [1.54, 1.807) is 26.0 Å². The fourth-order valence-corrected chi connectivity index (χ4v) is 2.72. The molecule has 1 aromatic rings. The molecular weight excluding hydrogens is 436 g/mol. The summed E-state index contributed by atoms with van der Waals surface area (Å²) < 4.78 is 9.90. The van der Waals surface area contributed by atoms with Gasteiger partial charge in [-0.3, -0.25) is 4.79 Å². The number of guanidine groups is 1. The van der Waals surface area contributed by atoms with Crippen LogP contribution in [0.3, 0.4) is 0 Å². The fraction of sp³-hybridized carbons (Fsp3) is 0.500. The highest BCUT2D eigenvalue weighted by molar-refractivity contribution is 5.89. The van der Waals surface area contributed by atoms with Gasteiger partial charge < -0.3 is 31.0 Å². The second kappa shape index (κ2) is 14.6. The number of nitrogens with two attached hydrogens (primary N) is 1. The van der Waals surface area contributed by atoms with Crippen LogP contribution in [0.2, 0.25) is 0 Å². The second-order valence-corrected chi connectivity index (χ2v) is 7.35. The molecule has 0 saturated heterocycles. The van der Waals surface area contributed by atoms with Crippen molar-refractivity contribution in [2.45, 2.75) is 45.4 Å². The van der Waals surface area contributed by atoms with Crippen molar-refractivity contribution >= 4 is 23.9 Å². The Balaban J connectivity index is 2.65. The fourth-order valence-electron chi connectivity index (χ4n) is 2.72. The lowest BCUT2D eigenvalue weighted by atomic mass is 10.0. The van der Waals surface area contributed by atoms with Gasteiger partial charge in [-0.2, -0.15) is 10.6 Å². The van der Waals surface area contributed by atoms with E-state index < -0.39 is 35.4 Å². The normalized spacial score (nSPS) is 14.1. The van der Waals surface area contributed by atoms with Gasteiger partial charge in [-0.1, -0.05) is 44.2 Å². The van der Waals surface area contributed by atoms with Crippen LogP contribution in [0, 0.1) is 11.1 Å². The SMILES string of the molecule is COC(=O)[C@H](CCCN=C(N)N[NH+]([O-])O)NC(=O)[C@H](NC(=O)OCc1ccccc1)C(C)C. The minimum absolute atomic E-state index is 0.0459. The molecule has 1 aromatic carbocycles. The number of alkyl carbamates (subject to hydrolysis) is 1. The number of rotatable bonds is 12. The first-order valence-corrected chi connectivity index (χ1v) is 10.3. The molecule has 33 heavy (non-hydrogen) atoms. The van der Waals surface area contributed by atoms with Crippen molar-refractivity contribution in [2.75, 3.05) is 13.7 Å². The Hall–Kier alpha value is -3.42. The molecule has 13 nitrogen and oxygen atoms in total. The topological polar surface area (TPSA) is 192 Å². The van der Waals surface area contributed by atoms with Crippen molar-refractivity contribution in [1.82, 2.24) is 16.1 Å². The van der Waals surface area contributed by atoms with Gasteiger partial charge in [-0.15, -0.1) is 5.34 Å². The van der Waals surface area contributed by atoms with Crippen molar-refractivity contribution in [2.24, 2.45) is 16.6 Å². The number of carbonyl (C=O) groups excluding carboxylic acids is 3. The van der Waals surface area contributed by atoms with Gasteiger partial charge in [-0.05, 0) is 24.3 Å². The Bertz CT molecular complexity index is 788. The van der Waals surface area contributed by atoms with Crippen molar-refractivity contribution in [3.05, 3.63) is 41.1 Å². The minimum Gasteiger partial charge on any atom is -0.574 e. The molecule has 3 atom stereocenters. The predicted octanol–water partition coefficient (Wildman–Crippen LogP) is -1.03. The van der Waals surface area contributed by atoms with Crippen molar-refractivity contribution in [1.29, 1.82) is 0 Å². The van der Waals surface area contributed by atoms with E-state index >= 15 is 0 Å². The molecule has 0 saturated carbocycles. The standard InChI is InChI=1S/C20H32N6O7/c1-13(2)16(24-20(29)33-12-14-8-5-4-6-9-14)17(27)23-15(18(28)32-3)10-7-11-22-19(21)25-26(30)31/h4-6,8-9,13,15-16,26,30H,7,10-12H2,1-3H3,(H,23,27)(H,24,29)(H3,21,22,25)/t15-,16+/m0/s1. The van der Waals surface area contributed by atoms with Crippen LogP contribution in [0.4, 0.5) is 4.79 Å². The lowest BCUT2D eigenvalue weighted by Gasteiger charge is -2.24. The molecule has 0 aliphatic rings. The predicted molar refractivity (Wildman–Crippen MR) is 117 cm³/mol. The maximum Gasteiger partial charge on any atom is 0.408 e. The summed E-state index contributed by atoms with van der Waals surface area (Å²) in [6.45, 7) is 3.64. The zero-order chi connectivity index (χ0) is 24.8. The molecule has 0 aliphatic heterocycles. The zero-order valence-corrected chi connectivity index (χ0v) is 18.9. The van der Waals surface area contributed by atoms with E-state index in [1.807, 2.05) is 23.6 Å². The molecule has 0 heterocycles. The van der Waals surface area contributed by atoms with Gasteiger partial charge in [0, 0.05) is 6.54 Å². The third-order valence-corrected chi connectivity index (χ3v) is 4.41. The summed E-state index contributed by atoms with van der Waals surface area (Å²) in [6, 6.07) is 7.14. The Morgan fingerprint density at radius 2 is 1.88 bits per heavy atom. The third kappa shape index (κ3) is 11.1. The summed E-state index contributed by atoms with van der Waals surface area (Å²) >= 11 is 0. The summed E-state index contributed by atoms with van der Waals surface area (Å²) in [4.78, 5) is 40.9. The zero-order valence-electron chi connectivity index (χ0n) is 18.9. The first-order valence-electron chi connectivity index (χ1n) is 10.3. The summed E-state index contributed by atoms with van der Waals surface area (Å²) in [5.41, 5.74) is 8.08. The highest BCUT2D eigenvalue weighted by atomic mass is 16.8. The molecule has 0 radical (unpaired) electrons. The molecule has 0 aromatic heterocycles. The number of aliphatic imine (C=N–C) groups is 1. The van der Waals surface area contributed by atoms with Gasteiger partial charge in [0.05, 0.1) is 7.11 Å². The van der Waals surface area contributed by atoms with Gasteiger partial charge in [0.15, 0.2) is 0 Å². The lowest BCUT2D eigenvalue weighted by Crippen LogP contribution is -3.13. The average molecular weight is 469 g/mol. The van der Waals surface area contributed by atoms with E-state index in [2.05, 4.69) is 15.6 Å². The molecule has 0 aliphatic carbocycles. The summed E-state index contributed by atoms with van der Waals surface area (Å²) in [6.07, 6.45) is -0.301. The van der Waals surface area contributed by atoms with Crippen LogP contribution in [-0.2, 0) is 25.7 Å². The van der Waals surface area contributed by atoms with E-state index in [4.69, 9.17) is 20.4 Å². The first-order chi connectivity index (χ1) is 15.6. The Kier molecular flexibility index (Phi) is 12.2.